The summed E-state index contributed by atoms with van der Waals surface area (Å²) < 4.78 is 18.4. The van der Waals surface area contributed by atoms with Crippen LogP contribution in [-0.4, -0.2) is 22.2 Å². The molecule has 0 aliphatic rings. The van der Waals surface area contributed by atoms with Crippen molar-refractivity contribution < 1.29 is 14.2 Å². The van der Waals surface area contributed by atoms with Crippen LogP contribution in [0.5, 0.6) is 11.5 Å². The monoisotopic (exact) mass is 367 g/mol. The van der Waals surface area contributed by atoms with E-state index in [1.807, 2.05) is 0 Å². The summed E-state index contributed by atoms with van der Waals surface area (Å²) in [6.45, 7) is 2.10. The molecule has 140 valence electrons. The van der Waals surface area contributed by atoms with Crippen LogP contribution in [0.4, 0.5) is 10.2 Å². The van der Waals surface area contributed by atoms with Crippen LogP contribution in [0.3, 0.4) is 0 Å². The number of hydrogen-bond acceptors (Lipinski definition) is 5. The van der Waals surface area contributed by atoms with E-state index in [1.54, 1.807) is 42.7 Å². The molecular formula is C21H22FN3O2. The van der Waals surface area contributed by atoms with E-state index in [0.717, 1.165) is 24.0 Å². The van der Waals surface area contributed by atoms with Crippen molar-refractivity contribution in [2.75, 3.05) is 12.4 Å². The number of hydrogen-bond donors (Lipinski definition) is 2. The minimum atomic E-state index is -0.253. The fraction of sp³-hybridized carbons (Fsp3) is 0.238. The van der Waals surface area contributed by atoms with Crippen LogP contribution in [0.15, 0.2) is 54.9 Å². The number of benzene rings is 2. The highest BCUT2D eigenvalue weighted by molar-refractivity contribution is 5.64. The van der Waals surface area contributed by atoms with Crippen molar-refractivity contribution in [2.45, 2.75) is 25.8 Å². The molecule has 5 nitrogen and oxygen atoms in total. The van der Waals surface area contributed by atoms with Crippen LogP contribution >= 0.6 is 0 Å². The lowest BCUT2D eigenvalue weighted by Gasteiger charge is -2.19. The molecular weight excluding hydrogens is 345 g/mol. The van der Waals surface area contributed by atoms with Gasteiger partial charge in [0.05, 0.1) is 31.2 Å². The molecule has 0 spiro atoms. The first-order valence-corrected chi connectivity index (χ1v) is 8.82. The SMILES string of the molecule is CCC[C@H](Nc1cncc(-c2ccc(O)c(OC)c2)n1)c1ccc(F)cc1. The van der Waals surface area contributed by atoms with Gasteiger partial charge in [0.25, 0.3) is 0 Å². The Bertz CT molecular complexity index is 900. The Labute approximate surface area is 157 Å². The molecule has 0 bridgehead atoms. The first-order chi connectivity index (χ1) is 13.1. The zero-order chi connectivity index (χ0) is 19.2. The molecule has 0 aliphatic heterocycles. The van der Waals surface area contributed by atoms with Gasteiger partial charge in [0.15, 0.2) is 11.5 Å². The lowest BCUT2D eigenvalue weighted by molar-refractivity contribution is 0.373. The van der Waals surface area contributed by atoms with E-state index in [9.17, 15) is 9.50 Å². The maximum atomic E-state index is 13.2. The summed E-state index contributed by atoms with van der Waals surface area (Å²) in [5.41, 5.74) is 2.44. The fourth-order valence-electron chi connectivity index (χ4n) is 2.90. The van der Waals surface area contributed by atoms with E-state index in [4.69, 9.17) is 4.74 Å². The summed E-state index contributed by atoms with van der Waals surface area (Å²) >= 11 is 0. The molecule has 2 N–H and O–H groups in total. The molecule has 3 rings (SSSR count). The van der Waals surface area contributed by atoms with Gasteiger partial charge in [-0.05, 0) is 42.3 Å². The molecule has 0 fully saturated rings. The first-order valence-electron chi connectivity index (χ1n) is 8.82. The number of phenols is 1. The minimum Gasteiger partial charge on any atom is -0.504 e. The van der Waals surface area contributed by atoms with Gasteiger partial charge < -0.3 is 15.2 Å². The number of anilines is 1. The predicted octanol–water partition coefficient (Wildman–Crippen LogP) is 4.95. The summed E-state index contributed by atoms with van der Waals surface area (Å²) in [5.74, 6) is 0.824. The Morgan fingerprint density at radius 3 is 2.63 bits per heavy atom. The van der Waals surface area contributed by atoms with E-state index >= 15 is 0 Å². The maximum absolute atomic E-state index is 13.2. The Morgan fingerprint density at radius 2 is 1.93 bits per heavy atom. The molecule has 1 aromatic heterocycles. The average Bonchev–Trinajstić information content (AvgIpc) is 2.69. The number of nitrogens with one attached hydrogen (secondary N) is 1. The highest BCUT2D eigenvalue weighted by atomic mass is 19.1. The molecule has 6 heteroatoms. The first kappa shape index (κ1) is 18.6. The van der Waals surface area contributed by atoms with E-state index in [0.29, 0.717) is 17.3 Å². The fourth-order valence-corrected chi connectivity index (χ4v) is 2.90. The highest BCUT2D eigenvalue weighted by Crippen LogP contribution is 2.31. The largest absolute Gasteiger partial charge is 0.504 e. The Morgan fingerprint density at radius 1 is 1.15 bits per heavy atom. The number of phenolic OH excluding ortho intramolecular Hbond substituents is 1. The molecule has 1 heterocycles. The van der Waals surface area contributed by atoms with Gasteiger partial charge in [-0.2, -0.15) is 0 Å². The molecule has 1 atom stereocenters. The van der Waals surface area contributed by atoms with Crippen molar-refractivity contribution in [1.29, 1.82) is 0 Å². The molecule has 0 amide bonds. The zero-order valence-corrected chi connectivity index (χ0v) is 15.3. The number of aromatic hydroxyl groups is 1. The van der Waals surface area contributed by atoms with Crippen LogP contribution in [-0.2, 0) is 0 Å². The second kappa shape index (κ2) is 8.49. The van der Waals surface area contributed by atoms with E-state index in [-0.39, 0.29) is 17.6 Å². The van der Waals surface area contributed by atoms with Crippen LogP contribution in [0, 0.1) is 5.82 Å². The summed E-state index contributed by atoms with van der Waals surface area (Å²) in [4.78, 5) is 8.90. The molecule has 0 saturated heterocycles. The number of ether oxygens (including phenoxy) is 1. The third-order valence-electron chi connectivity index (χ3n) is 4.28. The summed E-state index contributed by atoms with van der Waals surface area (Å²) in [5, 5.41) is 13.1. The molecule has 0 radical (unpaired) electrons. The number of halogens is 1. The topological polar surface area (TPSA) is 67.3 Å². The van der Waals surface area contributed by atoms with Crippen molar-refractivity contribution in [2.24, 2.45) is 0 Å². The van der Waals surface area contributed by atoms with E-state index in [2.05, 4.69) is 22.2 Å². The van der Waals surface area contributed by atoms with Gasteiger partial charge in [0.1, 0.15) is 11.6 Å². The number of aromatic nitrogens is 2. The Hall–Kier alpha value is -3.15. The molecule has 27 heavy (non-hydrogen) atoms. The van der Waals surface area contributed by atoms with Crippen LogP contribution < -0.4 is 10.1 Å². The second-order valence-electron chi connectivity index (χ2n) is 6.21. The van der Waals surface area contributed by atoms with Crippen molar-refractivity contribution in [3.05, 3.63) is 66.2 Å². The van der Waals surface area contributed by atoms with Gasteiger partial charge in [-0.3, -0.25) is 4.98 Å². The van der Waals surface area contributed by atoms with Gasteiger partial charge in [-0.1, -0.05) is 25.5 Å². The third kappa shape index (κ3) is 4.53. The maximum Gasteiger partial charge on any atom is 0.161 e. The molecule has 2 aromatic carbocycles. The average molecular weight is 367 g/mol. The van der Waals surface area contributed by atoms with Crippen LogP contribution in [0.1, 0.15) is 31.4 Å². The lowest BCUT2D eigenvalue weighted by atomic mass is 10.0. The minimum absolute atomic E-state index is 0.00880. The number of methoxy groups -OCH3 is 1. The number of nitrogens with zero attached hydrogens (tertiary/aromatic N) is 2. The Balaban J connectivity index is 1.86. The molecule has 0 unspecified atom stereocenters. The van der Waals surface area contributed by atoms with Gasteiger partial charge in [-0.15, -0.1) is 0 Å². The highest BCUT2D eigenvalue weighted by Gasteiger charge is 2.13. The lowest BCUT2D eigenvalue weighted by Crippen LogP contribution is -2.12. The summed E-state index contributed by atoms with van der Waals surface area (Å²) in [6.07, 6.45) is 5.17. The van der Waals surface area contributed by atoms with E-state index in [1.165, 1.54) is 19.2 Å². The van der Waals surface area contributed by atoms with Gasteiger partial charge in [0.2, 0.25) is 0 Å². The molecule has 3 aromatic rings. The number of rotatable bonds is 7. The van der Waals surface area contributed by atoms with Crippen molar-refractivity contribution in [3.8, 4) is 22.8 Å². The quantitative estimate of drug-likeness (QED) is 0.618. The normalized spacial score (nSPS) is 11.8. The van der Waals surface area contributed by atoms with Gasteiger partial charge in [-0.25, -0.2) is 9.37 Å². The van der Waals surface area contributed by atoms with Crippen molar-refractivity contribution >= 4 is 5.82 Å². The molecule has 0 aliphatic carbocycles. The predicted molar refractivity (Wildman–Crippen MR) is 103 cm³/mol. The van der Waals surface area contributed by atoms with E-state index < -0.39 is 0 Å². The van der Waals surface area contributed by atoms with Crippen molar-refractivity contribution in [1.82, 2.24) is 9.97 Å². The molecule has 0 saturated carbocycles. The summed E-state index contributed by atoms with van der Waals surface area (Å²) in [7, 11) is 1.50. The second-order valence-corrected chi connectivity index (χ2v) is 6.21. The van der Waals surface area contributed by atoms with Crippen molar-refractivity contribution in [3.63, 3.8) is 0 Å². The zero-order valence-electron chi connectivity index (χ0n) is 15.3. The Kier molecular flexibility index (Phi) is 5.86. The smallest absolute Gasteiger partial charge is 0.161 e. The van der Waals surface area contributed by atoms with Gasteiger partial charge >= 0.3 is 0 Å². The third-order valence-corrected chi connectivity index (χ3v) is 4.28. The summed E-state index contributed by atoms with van der Waals surface area (Å²) in [6, 6.07) is 11.5. The standard InChI is InChI=1S/C21H22FN3O2/c1-3-4-17(14-5-8-16(22)9-6-14)24-21-13-23-12-18(25-21)15-7-10-19(26)20(11-15)27-2/h5-13,17,26H,3-4H2,1-2H3,(H,24,25)/t17-/m0/s1. The van der Waals surface area contributed by atoms with Crippen LogP contribution in [0.25, 0.3) is 11.3 Å². The van der Waals surface area contributed by atoms with Crippen LogP contribution in [0.2, 0.25) is 0 Å². The van der Waals surface area contributed by atoms with Gasteiger partial charge in [0, 0.05) is 5.56 Å².